The average molecular weight is 449 g/mol. The van der Waals surface area contributed by atoms with Gasteiger partial charge in [0.2, 0.25) is 0 Å². The molecule has 1 rings (SSSR count). The molecule has 0 fully saturated rings. The number of benzene rings is 1. The first kappa shape index (κ1) is 28.6. The molecule has 0 heterocycles. The molecule has 0 aliphatic rings. The van der Waals surface area contributed by atoms with Gasteiger partial charge in [0, 0.05) is 19.8 Å². The van der Waals surface area contributed by atoms with E-state index in [1.54, 1.807) is 26.4 Å². The van der Waals surface area contributed by atoms with Crippen molar-refractivity contribution >= 4 is 5.97 Å². The Morgan fingerprint density at radius 3 is 1.47 bits per heavy atom. The van der Waals surface area contributed by atoms with Gasteiger partial charge in [0.15, 0.2) is 6.29 Å². The first-order chi connectivity index (χ1) is 15.7. The van der Waals surface area contributed by atoms with Gasteiger partial charge in [-0.25, -0.2) is 4.79 Å². The van der Waals surface area contributed by atoms with Gasteiger partial charge in [0.05, 0.1) is 12.2 Å². The maximum absolute atomic E-state index is 12.1. The first-order valence-corrected chi connectivity index (χ1v) is 13.1. The van der Waals surface area contributed by atoms with Crippen molar-refractivity contribution in [3.8, 4) is 0 Å². The minimum absolute atomic E-state index is 0.260. The van der Waals surface area contributed by atoms with Crippen molar-refractivity contribution in [2.24, 2.45) is 0 Å². The third-order valence-electron chi connectivity index (χ3n) is 6.08. The SMILES string of the molecule is CCCCCCCCCCCCCCCCCCOC(=O)c1ccc(C(OC)OC)cc1. The lowest BCUT2D eigenvalue weighted by atomic mass is 10.0. The number of methoxy groups -OCH3 is 2. The molecule has 0 N–H and O–H groups in total. The van der Waals surface area contributed by atoms with Gasteiger partial charge in [-0.3, -0.25) is 0 Å². The van der Waals surface area contributed by atoms with Gasteiger partial charge in [0.25, 0.3) is 0 Å². The van der Waals surface area contributed by atoms with E-state index >= 15 is 0 Å². The molecule has 184 valence electrons. The van der Waals surface area contributed by atoms with Crippen molar-refractivity contribution < 1.29 is 19.0 Å². The quantitative estimate of drug-likeness (QED) is 0.108. The van der Waals surface area contributed by atoms with E-state index in [1.165, 1.54) is 89.9 Å². The third kappa shape index (κ3) is 13.9. The summed E-state index contributed by atoms with van der Waals surface area (Å²) >= 11 is 0. The maximum atomic E-state index is 12.1. The highest BCUT2D eigenvalue weighted by molar-refractivity contribution is 5.89. The van der Waals surface area contributed by atoms with Crippen LogP contribution in [0.2, 0.25) is 0 Å². The zero-order valence-electron chi connectivity index (χ0n) is 21.0. The fraction of sp³-hybridized carbons (Fsp3) is 0.750. The van der Waals surface area contributed by atoms with Crippen molar-refractivity contribution in [3.05, 3.63) is 35.4 Å². The molecule has 0 amide bonds. The summed E-state index contributed by atoms with van der Waals surface area (Å²) in [6, 6.07) is 7.19. The van der Waals surface area contributed by atoms with Crippen LogP contribution in [0.5, 0.6) is 0 Å². The summed E-state index contributed by atoms with van der Waals surface area (Å²) in [6.07, 6.45) is 21.0. The van der Waals surface area contributed by atoms with Crippen molar-refractivity contribution in [3.63, 3.8) is 0 Å². The molecule has 4 nitrogen and oxygen atoms in total. The summed E-state index contributed by atoms with van der Waals surface area (Å²) in [5.74, 6) is -0.260. The van der Waals surface area contributed by atoms with Crippen LogP contribution in [-0.2, 0) is 14.2 Å². The van der Waals surface area contributed by atoms with E-state index in [-0.39, 0.29) is 5.97 Å². The van der Waals surface area contributed by atoms with E-state index in [1.807, 2.05) is 12.1 Å². The van der Waals surface area contributed by atoms with Crippen LogP contribution in [0.3, 0.4) is 0 Å². The van der Waals surface area contributed by atoms with Crippen LogP contribution in [0.4, 0.5) is 0 Å². The molecular weight excluding hydrogens is 400 g/mol. The normalized spacial score (nSPS) is 11.2. The van der Waals surface area contributed by atoms with Crippen molar-refractivity contribution in [2.75, 3.05) is 20.8 Å². The summed E-state index contributed by atoms with van der Waals surface area (Å²) < 4.78 is 15.8. The molecule has 0 saturated heterocycles. The number of hydrogen-bond acceptors (Lipinski definition) is 4. The number of carbonyl (C=O) groups excluding carboxylic acids is 1. The lowest BCUT2D eigenvalue weighted by Crippen LogP contribution is -2.08. The van der Waals surface area contributed by atoms with Crippen LogP contribution >= 0.6 is 0 Å². The summed E-state index contributed by atoms with van der Waals surface area (Å²) in [5.41, 5.74) is 1.44. The zero-order chi connectivity index (χ0) is 23.3. The molecule has 0 aromatic heterocycles. The van der Waals surface area contributed by atoms with Gasteiger partial charge in [-0.1, -0.05) is 115 Å². The fourth-order valence-corrected chi connectivity index (χ4v) is 4.04. The molecule has 4 heteroatoms. The highest BCUT2D eigenvalue weighted by Gasteiger charge is 2.11. The van der Waals surface area contributed by atoms with Crippen molar-refractivity contribution in [1.29, 1.82) is 0 Å². The van der Waals surface area contributed by atoms with Crippen LogP contribution in [0.15, 0.2) is 24.3 Å². The second-order valence-electron chi connectivity index (χ2n) is 8.86. The highest BCUT2D eigenvalue weighted by atomic mass is 16.7. The number of ether oxygens (including phenoxy) is 3. The van der Waals surface area contributed by atoms with E-state index in [9.17, 15) is 4.79 Å². The number of unbranched alkanes of at least 4 members (excludes halogenated alkanes) is 15. The summed E-state index contributed by atoms with van der Waals surface area (Å²) in [7, 11) is 3.18. The highest BCUT2D eigenvalue weighted by Crippen LogP contribution is 2.18. The Balaban J connectivity index is 1.91. The van der Waals surface area contributed by atoms with E-state index in [4.69, 9.17) is 14.2 Å². The zero-order valence-corrected chi connectivity index (χ0v) is 21.0. The molecule has 0 bridgehead atoms. The second kappa shape index (κ2) is 20.2. The average Bonchev–Trinajstić information content (AvgIpc) is 2.82. The van der Waals surface area contributed by atoms with E-state index in [0.29, 0.717) is 12.2 Å². The largest absolute Gasteiger partial charge is 0.462 e. The van der Waals surface area contributed by atoms with Gasteiger partial charge in [0.1, 0.15) is 0 Å². The van der Waals surface area contributed by atoms with Gasteiger partial charge in [-0.05, 0) is 18.6 Å². The van der Waals surface area contributed by atoms with E-state index in [0.717, 1.165) is 18.4 Å². The summed E-state index contributed by atoms with van der Waals surface area (Å²) in [5, 5.41) is 0. The smallest absolute Gasteiger partial charge is 0.338 e. The predicted octanol–water partition coefficient (Wildman–Crippen LogP) is 8.40. The molecule has 1 aromatic rings. The number of carbonyl (C=O) groups is 1. The molecule has 0 aliphatic heterocycles. The number of hydrogen-bond donors (Lipinski definition) is 0. The Hall–Kier alpha value is -1.39. The summed E-state index contributed by atoms with van der Waals surface area (Å²) in [4.78, 5) is 12.1. The Bertz CT molecular complexity index is 551. The first-order valence-electron chi connectivity index (χ1n) is 13.1. The minimum atomic E-state index is -0.412. The number of esters is 1. The van der Waals surface area contributed by atoms with Crippen LogP contribution in [0, 0.1) is 0 Å². The van der Waals surface area contributed by atoms with E-state index in [2.05, 4.69) is 6.92 Å². The van der Waals surface area contributed by atoms with Gasteiger partial charge < -0.3 is 14.2 Å². The Morgan fingerprint density at radius 2 is 1.06 bits per heavy atom. The molecule has 32 heavy (non-hydrogen) atoms. The van der Waals surface area contributed by atoms with Crippen LogP contribution in [-0.4, -0.2) is 26.8 Å². The lowest BCUT2D eigenvalue weighted by molar-refractivity contribution is -0.106. The fourth-order valence-electron chi connectivity index (χ4n) is 4.04. The Morgan fingerprint density at radius 1 is 0.656 bits per heavy atom. The predicted molar refractivity (Wildman–Crippen MR) is 133 cm³/mol. The Labute approximate surface area is 197 Å². The molecule has 0 aliphatic carbocycles. The van der Waals surface area contributed by atoms with Crippen LogP contribution in [0.1, 0.15) is 132 Å². The Kier molecular flexibility index (Phi) is 18.1. The molecule has 1 aromatic carbocycles. The second-order valence-corrected chi connectivity index (χ2v) is 8.86. The molecule has 0 spiro atoms. The standard InChI is InChI=1S/C28H48O4/c1-4-5-6-7-8-9-10-11-12-13-14-15-16-17-18-19-24-32-27(29)25-20-22-26(23-21-25)28(30-2)31-3/h20-23,28H,4-19,24H2,1-3H3. The minimum Gasteiger partial charge on any atom is -0.462 e. The van der Waals surface area contributed by atoms with Crippen molar-refractivity contribution in [1.82, 2.24) is 0 Å². The monoisotopic (exact) mass is 448 g/mol. The number of rotatable bonds is 21. The van der Waals surface area contributed by atoms with Gasteiger partial charge in [-0.2, -0.15) is 0 Å². The van der Waals surface area contributed by atoms with E-state index < -0.39 is 6.29 Å². The topological polar surface area (TPSA) is 44.8 Å². The summed E-state index contributed by atoms with van der Waals surface area (Å²) in [6.45, 7) is 2.78. The molecule has 0 radical (unpaired) electrons. The van der Waals surface area contributed by atoms with Crippen LogP contribution in [0.25, 0.3) is 0 Å². The molecule has 0 saturated carbocycles. The lowest BCUT2D eigenvalue weighted by Gasteiger charge is -2.13. The molecular formula is C28H48O4. The van der Waals surface area contributed by atoms with Gasteiger partial charge >= 0.3 is 5.97 Å². The maximum Gasteiger partial charge on any atom is 0.338 e. The van der Waals surface area contributed by atoms with Crippen molar-refractivity contribution in [2.45, 2.75) is 116 Å². The third-order valence-corrected chi connectivity index (χ3v) is 6.08. The molecule has 0 unspecified atom stereocenters. The molecule has 0 atom stereocenters. The van der Waals surface area contributed by atoms with Crippen LogP contribution < -0.4 is 0 Å². The van der Waals surface area contributed by atoms with Gasteiger partial charge in [-0.15, -0.1) is 0 Å².